The van der Waals surface area contributed by atoms with Crippen molar-refractivity contribution < 1.29 is 9.53 Å². The predicted octanol–water partition coefficient (Wildman–Crippen LogP) is 5.44. The maximum Gasteiger partial charge on any atom is 0.407 e. The lowest BCUT2D eigenvalue weighted by molar-refractivity contribution is 0.154. The number of hydrogen-bond acceptors (Lipinski definition) is 7. The standard InChI is InChI=1S/C33H34N6O2/c40-33(41-24-27-6-2-1-3-7-27)35-23-26-10-12-28(13-11-26)38-18-20-39(21-19-38)32-30-9-5-4-8-29(30)31(36-37-32)22-25-14-16-34-17-15-25/h1-2,4-6,8-17H,3,7,18-24H2,(H,35,40). The molecule has 1 aliphatic heterocycles. The number of carbonyl (C=O) groups excluding carboxylic acids is 1. The zero-order valence-corrected chi connectivity index (χ0v) is 23.1. The molecule has 1 fully saturated rings. The van der Waals surface area contributed by atoms with Gasteiger partial charge in [0.15, 0.2) is 5.82 Å². The van der Waals surface area contributed by atoms with Gasteiger partial charge in [0.1, 0.15) is 6.61 Å². The van der Waals surface area contributed by atoms with E-state index >= 15 is 0 Å². The fourth-order valence-corrected chi connectivity index (χ4v) is 5.36. The van der Waals surface area contributed by atoms with Crippen molar-refractivity contribution >= 4 is 28.4 Å². The van der Waals surface area contributed by atoms with E-state index in [9.17, 15) is 4.79 Å². The number of pyridine rings is 1. The Kier molecular flexibility index (Phi) is 8.17. The molecule has 0 saturated carbocycles. The second-order valence-corrected chi connectivity index (χ2v) is 10.4. The van der Waals surface area contributed by atoms with Crippen molar-refractivity contribution in [2.24, 2.45) is 0 Å². The molecule has 2 aromatic heterocycles. The second kappa shape index (κ2) is 12.6. The number of nitrogens with one attached hydrogen (secondary N) is 1. The molecule has 6 rings (SSSR count). The smallest absolute Gasteiger partial charge is 0.407 e. The van der Waals surface area contributed by atoms with Crippen molar-refractivity contribution in [3.63, 3.8) is 0 Å². The molecule has 1 N–H and O–H groups in total. The van der Waals surface area contributed by atoms with Crippen LogP contribution in [0.2, 0.25) is 0 Å². The first-order chi connectivity index (χ1) is 20.2. The van der Waals surface area contributed by atoms with E-state index in [1.807, 2.05) is 36.7 Å². The van der Waals surface area contributed by atoms with E-state index in [1.54, 1.807) is 0 Å². The number of allylic oxidation sites excluding steroid dienone is 3. The molecule has 1 aliphatic carbocycles. The van der Waals surface area contributed by atoms with Crippen molar-refractivity contribution in [2.75, 3.05) is 42.6 Å². The molecular formula is C33H34N6O2. The minimum absolute atomic E-state index is 0.345. The lowest BCUT2D eigenvalue weighted by atomic mass is 10.0. The van der Waals surface area contributed by atoms with Crippen LogP contribution < -0.4 is 15.1 Å². The van der Waals surface area contributed by atoms with Gasteiger partial charge in [-0.25, -0.2) is 4.79 Å². The van der Waals surface area contributed by atoms with Crippen LogP contribution >= 0.6 is 0 Å². The van der Waals surface area contributed by atoms with Gasteiger partial charge in [-0.1, -0.05) is 54.6 Å². The average molecular weight is 547 g/mol. The van der Waals surface area contributed by atoms with Crippen LogP contribution in [-0.2, 0) is 17.7 Å². The van der Waals surface area contributed by atoms with Crippen molar-refractivity contribution in [2.45, 2.75) is 25.8 Å². The second-order valence-electron chi connectivity index (χ2n) is 10.4. The number of nitrogens with zero attached hydrogens (tertiary/aromatic N) is 5. The number of piperazine rings is 1. The van der Waals surface area contributed by atoms with Crippen molar-refractivity contribution in [1.82, 2.24) is 20.5 Å². The highest BCUT2D eigenvalue weighted by Crippen LogP contribution is 2.28. The average Bonchev–Trinajstić information content (AvgIpc) is 3.04. The number of amides is 1. The number of fused-ring (bicyclic) bond motifs is 1. The topological polar surface area (TPSA) is 83.5 Å². The van der Waals surface area contributed by atoms with Crippen LogP contribution in [0.15, 0.2) is 96.9 Å². The highest BCUT2D eigenvalue weighted by Gasteiger charge is 2.21. The van der Waals surface area contributed by atoms with Gasteiger partial charge in [-0.3, -0.25) is 4.98 Å². The molecule has 0 bridgehead atoms. The van der Waals surface area contributed by atoms with Gasteiger partial charge in [0, 0.05) is 68.0 Å². The Morgan fingerprint density at radius 3 is 2.37 bits per heavy atom. The zero-order valence-electron chi connectivity index (χ0n) is 23.1. The van der Waals surface area contributed by atoms with Gasteiger partial charge < -0.3 is 19.9 Å². The highest BCUT2D eigenvalue weighted by atomic mass is 16.5. The Labute approximate surface area is 240 Å². The number of hydrogen-bond donors (Lipinski definition) is 1. The molecule has 2 aromatic carbocycles. The summed E-state index contributed by atoms with van der Waals surface area (Å²) in [7, 11) is 0. The number of aromatic nitrogens is 3. The molecule has 208 valence electrons. The molecule has 8 nitrogen and oxygen atoms in total. The first-order valence-corrected chi connectivity index (χ1v) is 14.2. The van der Waals surface area contributed by atoms with Crippen LogP contribution in [0.25, 0.3) is 10.8 Å². The molecule has 8 heteroatoms. The van der Waals surface area contributed by atoms with Crippen LogP contribution in [0.4, 0.5) is 16.3 Å². The van der Waals surface area contributed by atoms with E-state index in [1.165, 1.54) is 11.3 Å². The highest BCUT2D eigenvalue weighted by molar-refractivity contribution is 5.93. The number of rotatable bonds is 8. The van der Waals surface area contributed by atoms with E-state index < -0.39 is 0 Å². The first kappa shape index (κ1) is 26.5. The van der Waals surface area contributed by atoms with Crippen LogP contribution in [-0.4, -0.2) is 54.1 Å². The zero-order chi connectivity index (χ0) is 27.9. The molecule has 2 aliphatic rings. The summed E-state index contributed by atoms with van der Waals surface area (Å²) in [6.07, 6.45) is 12.1. The number of carbonyl (C=O) groups is 1. The van der Waals surface area contributed by atoms with Gasteiger partial charge in [0.2, 0.25) is 0 Å². The lowest BCUT2D eigenvalue weighted by Crippen LogP contribution is -2.47. The summed E-state index contributed by atoms with van der Waals surface area (Å²) in [6, 6.07) is 20.9. The van der Waals surface area contributed by atoms with Crippen LogP contribution in [0.3, 0.4) is 0 Å². The number of ether oxygens (including phenoxy) is 1. The van der Waals surface area contributed by atoms with Crippen molar-refractivity contribution in [3.05, 3.63) is 114 Å². The molecule has 4 aromatic rings. The summed E-state index contributed by atoms with van der Waals surface area (Å²) >= 11 is 0. The van der Waals surface area contributed by atoms with Crippen LogP contribution in [0, 0.1) is 0 Å². The van der Waals surface area contributed by atoms with Crippen molar-refractivity contribution in [1.29, 1.82) is 0 Å². The van der Waals surface area contributed by atoms with Gasteiger partial charge in [0.25, 0.3) is 0 Å². The Balaban J connectivity index is 1.03. The molecule has 0 spiro atoms. The lowest BCUT2D eigenvalue weighted by Gasteiger charge is -2.37. The van der Waals surface area contributed by atoms with E-state index in [-0.39, 0.29) is 6.09 Å². The molecule has 41 heavy (non-hydrogen) atoms. The van der Waals surface area contributed by atoms with Crippen molar-refractivity contribution in [3.8, 4) is 0 Å². The fraction of sp³-hybridized carbons (Fsp3) is 0.273. The predicted molar refractivity (Wildman–Crippen MR) is 162 cm³/mol. The number of anilines is 2. The summed E-state index contributed by atoms with van der Waals surface area (Å²) in [5.74, 6) is 0.947. The van der Waals surface area contributed by atoms with E-state index in [4.69, 9.17) is 9.84 Å². The summed E-state index contributed by atoms with van der Waals surface area (Å²) in [5, 5.41) is 14.5. The van der Waals surface area contributed by atoms with Gasteiger partial charge >= 0.3 is 6.09 Å². The maximum atomic E-state index is 12.1. The minimum atomic E-state index is -0.387. The third kappa shape index (κ3) is 6.54. The van der Waals surface area contributed by atoms with Crippen LogP contribution in [0.1, 0.15) is 29.7 Å². The first-order valence-electron chi connectivity index (χ1n) is 14.2. The van der Waals surface area contributed by atoms with E-state index in [2.05, 4.69) is 79.8 Å². The van der Waals surface area contributed by atoms with E-state index in [0.717, 1.165) is 78.9 Å². The largest absolute Gasteiger partial charge is 0.445 e. The molecule has 0 unspecified atom stereocenters. The van der Waals surface area contributed by atoms with Gasteiger partial charge in [-0.05, 0) is 53.8 Å². The summed E-state index contributed by atoms with van der Waals surface area (Å²) in [6.45, 7) is 4.30. The van der Waals surface area contributed by atoms with Gasteiger partial charge in [0.05, 0.1) is 5.69 Å². The molecule has 1 amide bonds. The quantitative estimate of drug-likeness (QED) is 0.315. The monoisotopic (exact) mass is 546 g/mol. The molecule has 3 heterocycles. The van der Waals surface area contributed by atoms with Gasteiger partial charge in [-0.2, -0.15) is 5.10 Å². The normalized spacial score (nSPS) is 15.1. The number of benzene rings is 2. The molecule has 0 atom stereocenters. The molecule has 1 saturated heterocycles. The minimum Gasteiger partial charge on any atom is -0.445 e. The summed E-state index contributed by atoms with van der Waals surface area (Å²) < 4.78 is 5.35. The molecular weight excluding hydrogens is 512 g/mol. The summed E-state index contributed by atoms with van der Waals surface area (Å²) in [4.78, 5) is 21.0. The third-order valence-electron chi connectivity index (χ3n) is 7.67. The van der Waals surface area contributed by atoms with Gasteiger partial charge in [-0.15, -0.1) is 5.10 Å². The SMILES string of the molecule is O=C(NCc1ccc(N2CCN(c3nnc(Cc4ccncc4)c4ccccc34)CC2)cc1)OCC1=CC=CCC1. The molecule has 0 radical (unpaired) electrons. The fourth-order valence-electron chi connectivity index (χ4n) is 5.36. The van der Waals surface area contributed by atoms with E-state index in [0.29, 0.717) is 13.2 Å². The Morgan fingerprint density at radius 1 is 0.854 bits per heavy atom. The Bertz CT molecular complexity index is 1540. The van der Waals surface area contributed by atoms with Crippen LogP contribution in [0.5, 0.6) is 0 Å². The Hall–Kier alpha value is -4.72. The Morgan fingerprint density at radius 2 is 1.61 bits per heavy atom. The number of alkyl carbamates (subject to hydrolysis) is 1. The third-order valence-corrected chi connectivity index (χ3v) is 7.67. The maximum absolute atomic E-state index is 12.1. The summed E-state index contributed by atoms with van der Waals surface area (Å²) in [5.41, 5.74) is 5.52.